The van der Waals surface area contributed by atoms with Crippen LogP contribution in [0.2, 0.25) is 0 Å². The van der Waals surface area contributed by atoms with Crippen molar-refractivity contribution in [3.05, 3.63) is 36.5 Å². The number of hydrogen-bond donors (Lipinski definition) is 6. The number of aliphatic hydroxyl groups is 5. The van der Waals surface area contributed by atoms with Crippen molar-refractivity contribution >= 4 is 19.8 Å². The fraction of sp³-hybridized carbons (Fsp3) is 0.818. The number of phosphoric ester groups is 1. The maximum absolute atomic E-state index is 12.8. The molecule has 0 aromatic carbocycles. The Balaban J connectivity index is 2.50. The molecular weight excluding hydrogens is 767 g/mol. The van der Waals surface area contributed by atoms with E-state index in [0.717, 1.165) is 83.5 Å². The summed E-state index contributed by atoms with van der Waals surface area (Å²) in [5.74, 6) is -1.13. The van der Waals surface area contributed by atoms with Crippen LogP contribution in [0.3, 0.4) is 0 Å². The maximum atomic E-state index is 12.8. The van der Waals surface area contributed by atoms with Gasteiger partial charge in [-0.15, -0.1) is 0 Å². The summed E-state index contributed by atoms with van der Waals surface area (Å²) in [7, 11) is -5.12. The molecule has 0 heterocycles. The molecule has 1 aliphatic carbocycles. The van der Waals surface area contributed by atoms with Gasteiger partial charge < -0.3 is 39.9 Å². The van der Waals surface area contributed by atoms with Gasteiger partial charge in [-0.1, -0.05) is 134 Å². The molecule has 0 bridgehead atoms. The Kier molecular flexibility index (Phi) is 32.4. The third kappa shape index (κ3) is 27.0. The molecule has 1 aliphatic rings. The molecule has 1 saturated carbocycles. The highest BCUT2D eigenvalue weighted by atomic mass is 31.2. The van der Waals surface area contributed by atoms with Crippen LogP contribution in [0.15, 0.2) is 36.5 Å². The first-order valence-corrected chi connectivity index (χ1v) is 23.8. The molecule has 6 unspecified atom stereocenters. The van der Waals surface area contributed by atoms with Gasteiger partial charge in [0, 0.05) is 12.8 Å². The van der Waals surface area contributed by atoms with Crippen LogP contribution >= 0.6 is 7.82 Å². The fourth-order valence-corrected chi connectivity index (χ4v) is 7.51. The highest BCUT2D eigenvalue weighted by Gasteiger charge is 2.51. The van der Waals surface area contributed by atoms with E-state index in [2.05, 4.69) is 50.3 Å². The van der Waals surface area contributed by atoms with Gasteiger partial charge in [-0.3, -0.25) is 18.6 Å². The van der Waals surface area contributed by atoms with Crippen molar-refractivity contribution in [1.29, 1.82) is 0 Å². The van der Waals surface area contributed by atoms with Gasteiger partial charge >= 0.3 is 19.8 Å². The van der Waals surface area contributed by atoms with Gasteiger partial charge in [-0.25, -0.2) is 4.57 Å². The molecule has 0 radical (unpaired) electrons. The van der Waals surface area contributed by atoms with E-state index >= 15 is 0 Å². The minimum atomic E-state index is -5.12. The minimum absolute atomic E-state index is 0.0837. The predicted molar refractivity (Wildman–Crippen MR) is 226 cm³/mol. The number of unbranched alkanes of at least 4 members (excludes halogenated alkanes) is 18. The molecule has 6 N–H and O–H groups in total. The normalized spacial score (nSPS) is 22.8. The standard InChI is InChI=1S/C44H79O13P/c1-3-5-7-9-11-13-15-17-19-21-23-25-27-29-31-33-38(46)56-36(35-55-58(52,53)57-44-42(50)40(48)39(47)41(49)43(44)51)34-54-37(45)32-30-28-26-24-22-20-18-16-14-12-10-8-6-4-2/h10,12,16-19,36,39-44,47-51H,3-9,11,13-15,20-35H2,1-2H3,(H,52,53)/b12-10+,18-16+,19-17+/t36-,39?,40+,41?,42?,43?,44?/m1/s1. The number of carbonyl (C=O) groups is 2. The molecule has 338 valence electrons. The van der Waals surface area contributed by atoms with E-state index in [1.54, 1.807) is 0 Å². The summed E-state index contributed by atoms with van der Waals surface area (Å²) in [5.41, 5.74) is 0. The van der Waals surface area contributed by atoms with Crippen molar-refractivity contribution in [3.8, 4) is 0 Å². The number of aliphatic hydroxyl groups excluding tert-OH is 5. The zero-order chi connectivity index (χ0) is 42.9. The number of esters is 2. The van der Waals surface area contributed by atoms with Gasteiger partial charge in [-0.2, -0.15) is 0 Å². The lowest BCUT2D eigenvalue weighted by Gasteiger charge is -2.41. The number of ether oxygens (including phenoxy) is 2. The molecule has 14 heteroatoms. The molecular formula is C44H79O13P. The van der Waals surface area contributed by atoms with E-state index in [1.165, 1.54) is 51.4 Å². The summed E-state index contributed by atoms with van der Waals surface area (Å²) in [5, 5.41) is 50.1. The number of carbonyl (C=O) groups excluding carboxylic acids is 2. The molecule has 1 rings (SSSR count). The lowest BCUT2D eigenvalue weighted by molar-refractivity contribution is -0.220. The molecule has 13 nitrogen and oxygen atoms in total. The van der Waals surface area contributed by atoms with Crippen LogP contribution in [0.4, 0.5) is 0 Å². The summed E-state index contributed by atoms with van der Waals surface area (Å²) >= 11 is 0. The monoisotopic (exact) mass is 847 g/mol. The second-order valence-electron chi connectivity index (χ2n) is 15.5. The number of rotatable bonds is 36. The molecule has 8 atom stereocenters. The van der Waals surface area contributed by atoms with Crippen LogP contribution in [0, 0.1) is 0 Å². The first-order chi connectivity index (χ1) is 27.9. The Morgan fingerprint density at radius 3 is 1.47 bits per heavy atom. The van der Waals surface area contributed by atoms with Crippen LogP contribution in [-0.4, -0.2) is 98.3 Å². The first kappa shape index (κ1) is 54.1. The number of hydrogen-bond acceptors (Lipinski definition) is 12. The van der Waals surface area contributed by atoms with Gasteiger partial charge in [0.05, 0.1) is 6.61 Å². The van der Waals surface area contributed by atoms with E-state index in [1.807, 2.05) is 0 Å². The third-order valence-corrected chi connectivity index (χ3v) is 11.2. The van der Waals surface area contributed by atoms with Gasteiger partial charge in [0.25, 0.3) is 0 Å². The van der Waals surface area contributed by atoms with Crippen molar-refractivity contribution in [2.45, 2.75) is 217 Å². The second kappa shape index (κ2) is 34.7. The molecule has 0 aromatic rings. The lowest BCUT2D eigenvalue weighted by atomic mass is 9.85. The van der Waals surface area contributed by atoms with Crippen LogP contribution < -0.4 is 0 Å². The Morgan fingerprint density at radius 2 is 0.948 bits per heavy atom. The highest BCUT2D eigenvalue weighted by Crippen LogP contribution is 2.47. The number of allylic oxidation sites excluding steroid dienone is 6. The zero-order valence-electron chi connectivity index (χ0n) is 35.6. The predicted octanol–water partition coefficient (Wildman–Crippen LogP) is 8.22. The molecule has 0 saturated heterocycles. The maximum Gasteiger partial charge on any atom is 0.472 e. The quantitative estimate of drug-likeness (QED) is 0.0152. The number of phosphoric acid groups is 1. The van der Waals surface area contributed by atoms with Crippen molar-refractivity contribution < 1.29 is 63.1 Å². The van der Waals surface area contributed by atoms with Crippen LogP contribution in [-0.2, 0) is 32.7 Å². The van der Waals surface area contributed by atoms with Crippen LogP contribution in [0.5, 0.6) is 0 Å². The molecule has 1 fully saturated rings. The van der Waals surface area contributed by atoms with Crippen molar-refractivity contribution in [1.82, 2.24) is 0 Å². The Hall–Kier alpha value is -1.93. The summed E-state index contributed by atoms with van der Waals surface area (Å²) in [4.78, 5) is 35.6. The van der Waals surface area contributed by atoms with Crippen molar-refractivity contribution in [3.63, 3.8) is 0 Å². The Morgan fingerprint density at radius 1 is 0.534 bits per heavy atom. The zero-order valence-corrected chi connectivity index (χ0v) is 36.5. The first-order valence-electron chi connectivity index (χ1n) is 22.3. The van der Waals surface area contributed by atoms with Crippen molar-refractivity contribution in [2.75, 3.05) is 13.2 Å². The van der Waals surface area contributed by atoms with Crippen LogP contribution in [0.1, 0.15) is 174 Å². The average molecular weight is 847 g/mol. The lowest BCUT2D eigenvalue weighted by Crippen LogP contribution is -2.64. The highest BCUT2D eigenvalue weighted by molar-refractivity contribution is 7.47. The largest absolute Gasteiger partial charge is 0.472 e. The molecule has 0 aliphatic heterocycles. The fourth-order valence-electron chi connectivity index (χ4n) is 6.53. The second-order valence-corrected chi connectivity index (χ2v) is 16.9. The summed E-state index contributed by atoms with van der Waals surface area (Å²) in [6, 6.07) is 0. The molecule has 0 aromatic heterocycles. The van der Waals surface area contributed by atoms with E-state index in [-0.39, 0.29) is 12.8 Å². The molecule has 0 spiro atoms. The van der Waals surface area contributed by atoms with Gasteiger partial charge in [0.1, 0.15) is 43.2 Å². The van der Waals surface area contributed by atoms with Crippen molar-refractivity contribution in [2.24, 2.45) is 0 Å². The Labute approximate surface area is 348 Å². The third-order valence-electron chi connectivity index (χ3n) is 10.2. The van der Waals surface area contributed by atoms with Crippen LogP contribution in [0.25, 0.3) is 0 Å². The van der Waals surface area contributed by atoms with E-state index in [4.69, 9.17) is 18.5 Å². The SMILES string of the molecule is CCCC/C=C/C/C=C/CCCCCCCC(=O)OC[C@H](COP(=O)(O)OC1C(O)C(O)C(O)[C@H](O)C1O)OC(=O)CCCCCCC/C=C/CCCCCCCC. The smallest absolute Gasteiger partial charge is 0.462 e. The molecule has 58 heavy (non-hydrogen) atoms. The van der Waals surface area contributed by atoms with E-state index in [0.29, 0.717) is 12.8 Å². The summed E-state index contributed by atoms with van der Waals surface area (Å²) < 4.78 is 33.5. The van der Waals surface area contributed by atoms with E-state index in [9.17, 15) is 44.6 Å². The average Bonchev–Trinajstić information content (AvgIpc) is 3.20. The minimum Gasteiger partial charge on any atom is -0.462 e. The molecule has 0 amide bonds. The van der Waals surface area contributed by atoms with E-state index < -0.39 is 75.7 Å². The van der Waals surface area contributed by atoms with Gasteiger partial charge in [-0.05, 0) is 64.2 Å². The summed E-state index contributed by atoms with van der Waals surface area (Å²) in [6.07, 6.45) is 24.8. The van der Waals surface area contributed by atoms with Gasteiger partial charge in [0.2, 0.25) is 0 Å². The summed E-state index contributed by atoms with van der Waals surface area (Å²) in [6.45, 7) is 3.22. The Bertz CT molecular complexity index is 1160. The topological polar surface area (TPSA) is 210 Å². The van der Waals surface area contributed by atoms with Gasteiger partial charge in [0.15, 0.2) is 6.10 Å².